The van der Waals surface area contributed by atoms with Crippen LogP contribution in [0.15, 0.2) is 182 Å². The minimum absolute atomic E-state index is 0. The van der Waals surface area contributed by atoms with Gasteiger partial charge in [0.25, 0.3) is 0 Å². The van der Waals surface area contributed by atoms with Crippen molar-refractivity contribution in [3.05, 3.63) is 244 Å². The van der Waals surface area contributed by atoms with Crippen molar-refractivity contribution in [1.29, 1.82) is 0 Å². The summed E-state index contributed by atoms with van der Waals surface area (Å²) in [5.74, 6) is 0. The van der Waals surface area contributed by atoms with Gasteiger partial charge in [0.05, 0.1) is 0 Å². The smallest absolute Gasteiger partial charge is 0.0410 e. The molecule has 0 amide bonds. The van der Waals surface area contributed by atoms with Crippen molar-refractivity contribution in [2.24, 2.45) is 0 Å². The molecule has 8 rings (SSSR count). The quantitative estimate of drug-likeness (QED) is 0.0782. The fraction of sp³-hybridized carbons (Fsp3) is 0.120. The summed E-state index contributed by atoms with van der Waals surface area (Å²) in [5.41, 5.74) is 13.3. The Labute approximate surface area is 332 Å². The second-order valence-corrected chi connectivity index (χ2v) is 14.8. The van der Waals surface area contributed by atoms with Gasteiger partial charge in [0.2, 0.25) is 0 Å². The van der Waals surface area contributed by atoms with Gasteiger partial charge in [-0.3, -0.25) is 0 Å². The molecule has 0 saturated carbocycles. The molecule has 0 fully saturated rings. The second kappa shape index (κ2) is 17.3. The van der Waals surface area contributed by atoms with Gasteiger partial charge in [0, 0.05) is 46.6 Å². The van der Waals surface area contributed by atoms with Gasteiger partial charge >= 0.3 is 0 Å². The Hall–Kier alpha value is -4.62. The summed E-state index contributed by atoms with van der Waals surface area (Å²) < 4.78 is 0. The van der Waals surface area contributed by atoms with Crippen molar-refractivity contribution >= 4 is 27.7 Å². The third-order valence-corrected chi connectivity index (χ3v) is 11.7. The molecule has 2 aliphatic carbocycles. The molecule has 2 radical (unpaired) electrons. The summed E-state index contributed by atoms with van der Waals surface area (Å²) >= 11 is 0. The zero-order valence-corrected chi connectivity index (χ0v) is 33.4. The summed E-state index contributed by atoms with van der Waals surface area (Å²) in [5, 5.41) is 0. The van der Waals surface area contributed by atoms with Crippen LogP contribution in [-0.2, 0) is 37.0 Å². The molecule has 2 unspecified atom stereocenters. The van der Waals surface area contributed by atoms with E-state index in [1.165, 1.54) is 50.1 Å². The maximum absolute atomic E-state index is 3.20. The fourth-order valence-electron chi connectivity index (χ4n) is 7.46. The minimum atomic E-state index is -0.0588. The van der Waals surface area contributed by atoms with E-state index in [0.29, 0.717) is 0 Å². The molecule has 6 aromatic rings. The molecule has 0 aromatic heterocycles. The average molecular weight is 763 g/mol. The normalized spacial score (nSPS) is 18.1. The third-order valence-electron chi connectivity index (χ3n) is 10.1. The van der Waals surface area contributed by atoms with Crippen molar-refractivity contribution in [3.63, 3.8) is 0 Å². The standard InChI is InChI=1S/C34H30Si.C16H13.Zr/c1-25-9-7-13-29(21-25)33(19-17-27-11-3-5-15-31(27)33)23-35-24-34(30-14-8-10-26(2)22-30)20-18-28-12-4-6-16-32(28)34;1-3-9-15(10-4-1)13-7-8-14-16-11-5-2-6-12-16;/h3-22H,23-24H2,1-2H3;1-13H;/q;-1;. The van der Waals surface area contributed by atoms with E-state index in [1.807, 2.05) is 60.7 Å². The minimum Gasteiger partial charge on any atom is -0.150 e. The van der Waals surface area contributed by atoms with E-state index in [0.717, 1.165) is 27.2 Å². The van der Waals surface area contributed by atoms with Gasteiger partial charge < -0.3 is 0 Å². The Morgan fingerprint density at radius 3 is 1.54 bits per heavy atom. The molecule has 0 saturated heterocycles. The Kier molecular flexibility index (Phi) is 12.3. The Bertz CT molecular complexity index is 2050. The first-order valence-electron chi connectivity index (χ1n) is 17.8. The molecule has 2 atom stereocenters. The van der Waals surface area contributed by atoms with Crippen molar-refractivity contribution in [3.8, 4) is 0 Å². The molecule has 0 nitrogen and oxygen atoms in total. The number of fused-ring (bicyclic) bond motifs is 2. The van der Waals surface area contributed by atoms with E-state index >= 15 is 0 Å². The number of allylic oxidation sites excluding steroid dienone is 4. The van der Waals surface area contributed by atoms with Gasteiger partial charge in [-0.1, -0.05) is 175 Å². The van der Waals surface area contributed by atoms with E-state index in [9.17, 15) is 0 Å². The number of hydrogen-bond donors (Lipinski definition) is 0. The fourth-order valence-corrected chi connectivity index (χ4v) is 9.40. The van der Waals surface area contributed by atoms with Crippen LogP contribution in [-0.4, -0.2) is 9.52 Å². The molecule has 0 bridgehead atoms. The molecule has 52 heavy (non-hydrogen) atoms. The Morgan fingerprint density at radius 1 is 0.538 bits per heavy atom. The monoisotopic (exact) mass is 761 g/mol. The van der Waals surface area contributed by atoms with Crippen LogP contribution in [0.5, 0.6) is 0 Å². The number of rotatable bonds is 9. The summed E-state index contributed by atoms with van der Waals surface area (Å²) in [6.07, 6.45) is 18.8. The average Bonchev–Trinajstić information content (AvgIpc) is 3.75. The van der Waals surface area contributed by atoms with Crippen LogP contribution in [0.1, 0.15) is 55.6 Å². The largest absolute Gasteiger partial charge is 0.150 e. The van der Waals surface area contributed by atoms with Gasteiger partial charge in [-0.15, -0.1) is 48.1 Å². The molecular weight excluding hydrogens is 720 g/mol. The first-order chi connectivity index (χ1) is 25.1. The van der Waals surface area contributed by atoms with Gasteiger partial charge in [0.15, 0.2) is 0 Å². The van der Waals surface area contributed by atoms with Crippen LogP contribution in [0, 0.1) is 19.9 Å². The van der Waals surface area contributed by atoms with E-state index in [2.05, 4.69) is 159 Å². The van der Waals surface area contributed by atoms with Crippen molar-refractivity contribution in [2.75, 3.05) is 0 Å². The predicted octanol–water partition coefficient (Wildman–Crippen LogP) is 12.3. The zero-order valence-electron chi connectivity index (χ0n) is 30.0. The number of aryl methyl sites for hydroxylation is 2. The van der Waals surface area contributed by atoms with Crippen LogP contribution >= 0.6 is 0 Å². The maximum atomic E-state index is 3.20. The summed E-state index contributed by atoms with van der Waals surface area (Å²) in [7, 11) is 0.808. The number of hydrogen-bond acceptors (Lipinski definition) is 0. The van der Waals surface area contributed by atoms with Gasteiger partial charge in [-0.2, -0.15) is 0 Å². The van der Waals surface area contributed by atoms with Crippen molar-refractivity contribution in [1.82, 2.24) is 0 Å². The Morgan fingerprint density at radius 2 is 1.02 bits per heavy atom. The van der Waals surface area contributed by atoms with Crippen LogP contribution in [0.2, 0.25) is 12.1 Å². The zero-order chi connectivity index (χ0) is 34.9. The van der Waals surface area contributed by atoms with Crippen LogP contribution in [0.4, 0.5) is 0 Å². The van der Waals surface area contributed by atoms with Crippen molar-refractivity contribution < 1.29 is 26.2 Å². The summed E-state index contributed by atoms with van der Waals surface area (Å²) in [4.78, 5) is 0. The molecule has 2 heteroatoms. The predicted molar refractivity (Wildman–Crippen MR) is 219 cm³/mol. The molecular formula is C50H43SiZr-. The van der Waals surface area contributed by atoms with E-state index < -0.39 is 0 Å². The molecule has 0 aliphatic heterocycles. The molecule has 0 spiro atoms. The van der Waals surface area contributed by atoms with Gasteiger partial charge in [-0.05, 0) is 64.9 Å². The van der Waals surface area contributed by atoms with Crippen LogP contribution in [0.25, 0.3) is 18.2 Å². The maximum Gasteiger partial charge on any atom is 0.0410 e. The molecule has 6 aromatic carbocycles. The Balaban J connectivity index is 0.000000230. The number of benzene rings is 6. The SMILES string of the molecule is Cc1cccc(C2(C[Si]CC3(c4cccc(C)c4)C=Cc4ccccc43)C=Cc3ccccc32)c1.[C-](=CC=Cc1ccccc1)c1ccccc1.[Zr]. The van der Waals surface area contributed by atoms with E-state index in [1.54, 1.807) is 0 Å². The van der Waals surface area contributed by atoms with Crippen LogP contribution in [0.3, 0.4) is 0 Å². The first kappa shape index (κ1) is 37.1. The summed E-state index contributed by atoms with van der Waals surface area (Å²) in [6.45, 7) is 4.41. The summed E-state index contributed by atoms with van der Waals surface area (Å²) in [6, 6.07) is 58.7. The topological polar surface area (TPSA) is 0 Å². The first-order valence-corrected chi connectivity index (χ1v) is 19.3. The van der Waals surface area contributed by atoms with Gasteiger partial charge in [0.1, 0.15) is 0 Å². The molecule has 2 aliphatic rings. The molecule has 0 N–H and O–H groups in total. The second-order valence-electron chi connectivity index (χ2n) is 13.6. The molecule has 252 valence electrons. The molecule has 0 heterocycles. The van der Waals surface area contributed by atoms with Crippen LogP contribution < -0.4 is 0 Å². The van der Waals surface area contributed by atoms with E-state index in [4.69, 9.17) is 0 Å². The van der Waals surface area contributed by atoms with Crippen molar-refractivity contribution in [2.45, 2.75) is 36.8 Å². The van der Waals surface area contributed by atoms with Gasteiger partial charge in [-0.25, -0.2) is 0 Å². The van der Waals surface area contributed by atoms with E-state index in [-0.39, 0.29) is 37.0 Å². The third kappa shape index (κ3) is 8.20.